The Morgan fingerprint density at radius 1 is 0.921 bits per heavy atom. The molecule has 2 unspecified atom stereocenters. The minimum atomic E-state index is -0.505. The topological polar surface area (TPSA) is 91.2 Å². The molecule has 0 bridgehead atoms. The fraction of sp³-hybridized carbons (Fsp3) is 0.0968. The van der Waals surface area contributed by atoms with E-state index < -0.39 is 6.10 Å². The number of rotatable bonds is 6. The summed E-state index contributed by atoms with van der Waals surface area (Å²) in [6.07, 6.45) is 5.05. The number of pyridine rings is 1. The van der Waals surface area contributed by atoms with Gasteiger partial charge in [0.05, 0.1) is 0 Å². The van der Waals surface area contributed by atoms with Crippen molar-refractivity contribution in [3.63, 3.8) is 0 Å². The molecule has 186 valence electrons. The number of hydrogen-bond acceptors (Lipinski definition) is 6. The Labute approximate surface area is 220 Å². The summed E-state index contributed by atoms with van der Waals surface area (Å²) in [5, 5.41) is 8.36. The molecular weight excluding hydrogens is 472 g/mol. The molecule has 1 aliphatic rings. The van der Waals surface area contributed by atoms with Crippen molar-refractivity contribution in [2.24, 2.45) is 17.8 Å². The predicted octanol–water partition coefficient (Wildman–Crippen LogP) is 5.72. The second-order valence-corrected chi connectivity index (χ2v) is 9.16. The normalized spacial score (nSPS) is 16.8. The van der Waals surface area contributed by atoms with Gasteiger partial charge in [0.25, 0.3) is 0 Å². The van der Waals surface area contributed by atoms with Crippen LogP contribution in [0.3, 0.4) is 0 Å². The van der Waals surface area contributed by atoms with Crippen LogP contribution in [0.4, 0.5) is 0 Å². The third-order valence-electron chi connectivity index (χ3n) is 6.81. The standard InChI is InChI=1S/C31H26N6O/c1-20(21-9-5-3-6-10-21)38-29-26(16-17-33-30(29)32)25-14-13-23(19-27(25)22-11-7-4-8-12-22)24-15-18-34-31-28(24)37(2)36-35-31/h3-19,26,29H,1H2,2H3,(H2,32,33). The maximum atomic E-state index is 6.42. The number of nitrogens with zero attached hydrogens (tertiary/aromatic N) is 5. The molecule has 0 spiro atoms. The highest BCUT2D eigenvalue weighted by Crippen LogP contribution is 2.39. The average Bonchev–Trinajstić information content (AvgIpc) is 3.35. The largest absolute Gasteiger partial charge is 0.482 e. The number of ether oxygens (including phenoxy) is 1. The van der Waals surface area contributed by atoms with E-state index in [2.05, 4.69) is 57.2 Å². The minimum Gasteiger partial charge on any atom is -0.482 e. The van der Waals surface area contributed by atoms with Crippen LogP contribution in [0.5, 0.6) is 0 Å². The Balaban J connectivity index is 1.46. The van der Waals surface area contributed by atoms with Gasteiger partial charge >= 0.3 is 0 Å². The van der Waals surface area contributed by atoms with Crippen LogP contribution < -0.4 is 5.73 Å². The van der Waals surface area contributed by atoms with Gasteiger partial charge in [-0.25, -0.2) is 14.7 Å². The zero-order valence-corrected chi connectivity index (χ0v) is 20.9. The molecule has 2 aromatic heterocycles. The molecule has 38 heavy (non-hydrogen) atoms. The van der Waals surface area contributed by atoms with E-state index in [-0.39, 0.29) is 5.92 Å². The van der Waals surface area contributed by atoms with Gasteiger partial charge in [-0.2, -0.15) is 0 Å². The lowest BCUT2D eigenvalue weighted by Gasteiger charge is -2.30. The molecule has 0 radical (unpaired) electrons. The van der Waals surface area contributed by atoms with E-state index in [4.69, 9.17) is 10.5 Å². The summed E-state index contributed by atoms with van der Waals surface area (Å²) in [6, 6.07) is 28.6. The van der Waals surface area contributed by atoms with E-state index in [1.165, 1.54) is 0 Å². The highest BCUT2D eigenvalue weighted by Gasteiger charge is 2.31. The van der Waals surface area contributed by atoms with Crippen LogP contribution in [0.25, 0.3) is 39.2 Å². The fourth-order valence-corrected chi connectivity index (χ4v) is 4.93. The van der Waals surface area contributed by atoms with Crippen molar-refractivity contribution in [3.8, 4) is 22.3 Å². The second kappa shape index (κ2) is 9.78. The van der Waals surface area contributed by atoms with Crippen LogP contribution >= 0.6 is 0 Å². The maximum absolute atomic E-state index is 6.42. The lowest BCUT2D eigenvalue weighted by Crippen LogP contribution is -2.37. The summed E-state index contributed by atoms with van der Waals surface area (Å²) in [4.78, 5) is 8.74. The summed E-state index contributed by atoms with van der Waals surface area (Å²) in [7, 11) is 1.88. The molecule has 7 nitrogen and oxygen atoms in total. The number of benzene rings is 3. The Bertz CT molecular complexity index is 1690. The van der Waals surface area contributed by atoms with Crippen molar-refractivity contribution in [3.05, 3.63) is 121 Å². The van der Waals surface area contributed by atoms with Crippen molar-refractivity contribution in [1.29, 1.82) is 0 Å². The third-order valence-corrected chi connectivity index (χ3v) is 6.81. The molecule has 0 aliphatic carbocycles. The molecule has 5 aromatic rings. The summed E-state index contributed by atoms with van der Waals surface area (Å²) in [5.41, 5.74) is 14.1. The van der Waals surface area contributed by atoms with Crippen LogP contribution in [0, 0.1) is 0 Å². The summed E-state index contributed by atoms with van der Waals surface area (Å²) >= 11 is 0. The number of nitrogens with two attached hydrogens (primary N) is 1. The first kappa shape index (κ1) is 23.4. The molecule has 1 aliphatic heterocycles. The zero-order valence-electron chi connectivity index (χ0n) is 20.9. The van der Waals surface area contributed by atoms with Gasteiger partial charge in [-0.15, -0.1) is 5.10 Å². The van der Waals surface area contributed by atoms with Crippen LogP contribution in [0.2, 0.25) is 0 Å². The van der Waals surface area contributed by atoms with Crippen molar-refractivity contribution < 1.29 is 4.74 Å². The molecule has 2 N–H and O–H groups in total. The number of aryl methyl sites for hydroxylation is 1. The number of fused-ring (bicyclic) bond motifs is 1. The molecule has 2 atom stereocenters. The quantitative estimate of drug-likeness (QED) is 0.302. The SMILES string of the molecule is C=C(OC1C(N)=NC=CC1c1ccc(-c2ccnc3nnn(C)c23)cc1-c1ccccc1)c1ccccc1. The van der Waals surface area contributed by atoms with Gasteiger partial charge < -0.3 is 10.5 Å². The minimum absolute atomic E-state index is 0.173. The molecule has 6 rings (SSSR count). The summed E-state index contributed by atoms with van der Waals surface area (Å²) < 4.78 is 8.15. The smallest absolute Gasteiger partial charge is 0.202 e. The van der Waals surface area contributed by atoms with Gasteiger partial charge in [0.1, 0.15) is 17.1 Å². The van der Waals surface area contributed by atoms with Crippen molar-refractivity contribution >= 4 is 22.8 Å². The Morgan fingerprint density at radius 2 is 1.68 bits per heavy atom. The lowest BCUT2D eigenvalue weighted by molar-refractivity contribution is 0.211. The highest BCUT2D eigenvalue weighted by molar-refractivity contribution is 5.92. The van der Waals surface area contributed by atoms with E-state index in [9.17, 15) is 0 Å². The van der Waals surface area contributed by atoms with Crippen LogP contribution in [0.15, 0.2) is 115 Å². The Hall–Kier alpha value is -5.04. The van der Waals surface area contributed by atoms with Crippen molar-refractivity contribution in [2.45, 2.75) is 12.0 Å². The lowest BCUT2D eigenvalue weighted by atomic mass is 9.84. The molecule has 3 heterocycles. The first-order chi connectivity index (χ1) is 18.6. The van der Waals surface area contributed by atoms with Gasteiger partial charge in [0.2, 0.25) is 5.65 Å². The monoisotopic (exact) mass is 498 g/mol. The number of aliphatic imine (C=N–C) groups is 1. The van der Waals surface area contributed by atoms with Crippen LogP contribution in [0.1, 0.15) is 17.0 Å². The van der Waals surface area contributed by atoms with Gasteiger partial charge in [-0.3, -0.25) is 0 Å². The zero-order chi connectivity index (χ0) is 26.1. The Morgan fingerprint density at radius 3 is 2.47 bits per heavy atom. The molecular formula is C31H26N6O. The number of amidine groups is 1. The van der Waals surface area contributed by atoms with E-state index in [1.807, 2.05) is 67.7 Å². The number of aromatic nitrogens is 4. The Kier molecular flexibility index (Phi) is 6.01. The fourth-order valence-electron chi connectivity index (χ4n) is 4.93. The number of hydrogen-bond donors (Lipinski definition) is 1. The highest BCUT2D eigenvalue weighted by atomic mass is 16.5. The molecule has 0 amide bonds. The van der Waals surface area contributed by atoms with Crippen LogP contribution in [-0.4, -0.2) is 31.9 Å². The van der Waals surface area contributed by atoms with Gasteiger partial charge in [0, 0.05) is 36.5 Å². The van der Waals surface area contributed by atoms with Crippen LogP contribution in [-0.2, 0) is 11.8 Å². The first-order valence-electron chi connectivity index (χ1n) is 12.3. The molecule has 0 saturated heterocycles. The van der Waals surface area contributed by atoms with Gasteiger partial charge in [-0.05, 0) is 34.4 Å². The van der Waals surface area contributed by atoms with E-state index in [0.29, 0.717) is 17.2 Å². The van der Waals surface area contributed by atoms with Crippen molar-refractivity contribution in [1.82, 2.24) is 20.0 Å². The van der Waals surface area contributed by atoms with Gasteiger partial charge in [-0.1, -0.05) is 90.7 Å². The van der Waals surface area contributed by atoms with Gasteiger partial charge in [0.15, 0.2) is 6.10 Å². The molecule has 3 aromatic carbocycles. The average molecular weight is 499 g/mol. The first-order valence-corrected chi connectivity index (χ1v) is 12.3. The van der Waals surface area contributed by atoms with E-state index >= 15 is 0 Å². The molecule has 7 heteroatoms. The third kappa shape index (κ3) is 4.24. The second-order valence-electron chi connectivity index (χ2n) is 9.16. The maximum Gasteiger partial charge on any atom is 0.202 e. The van der Waals surface area contributed by atoms with E-state index in [1.54, 1.807) is 17.1 Å². The molecule has 0 fully saturated rings. The summed E-state index contributed by atoms with van der Waals surface area (Å²) in [5.74, 6) is 0.789. The molecule has 0 saturated carbocycles. The van der Waals surface area contributed by atoms with E-state index in [0.717, 1.165) is 38.9 Å². The van der Waals surface area contributed by atoms with Crippen molar-refractivity contribution in [2.75, 3.05) is 0 Å². The summed E-state index contributed by atoms with van der Waals surface area (Å²) in [6.45, 7) is 4.17. The predicted molar refractivity (Wildman–Crippen MR) is 151 cm³/mol.